The molecule has 21 heavy (non-hydrogen) atoms. The van der Waals surface area contributed by atoms with Crippen molar-refractivity contribution in [1.29, 1.82) is 5.26 Å². The van der Waals surface area contributed by atoms with Crippen LogP contribution in [0.15, 0.2) is 40.9 Å². The fraction of sp³-hybridized carbons (Fsp3) is 0.125. The maximum atomic E-state index is 9.20. The van der Waals surface area contributed by atoms with Crippen LogP contribution in [0.1, 0.15) is 5.56 Å². The van der Waals surface area contributed by atoms with Crippen molar-refractivity contribution in [3.8, 4) is 23.2 Å². The molecule has 0 aliphatic rings. The number of nitrogens with zero attached hydrogens (tertiary/aromatic N) is 3. The minimum atomic E-state index is 0.585. The lowest BCUT2D eigenvalue weighted by Gasteiger charge is -2.06. The van der Waals surface area contributed by atoms with Crippen molar-refractivity contribution in [3.63, 3.8) is 0 Å². The molecule has 5 heteroatoms. The average Bonchev–Trinajstić information content (AvgIpc) is 2.84. The Labute approximate surface area is 130 Å². The van der Waals surface area contributed by atoms with Gasteiger partial charge in [0.15, 0.2) is 0 Å². The number of halogens is 1. The Bertz CT molecular complexity index is 877. The van der Waals surface area contributed by atoms with Gasteiger partial charge in [-0.05, 0) is 46.3 Å². The Morgan fingerprint density at radius 2 is 2.10 bits per heavy atom. The number of imidazole rings is 1. The lowest BCUT2D eigenvalue weighted by atomic mass is 10.2. The minimum Gasteiger partial charge on any atom is -0.496 e. The normalized spacial score (nSPS) is 10.6. The lowest BCUT2D eigenvalue weighted by Crippen LogP contribution is -1.93. The molecule has 0 N–H and O–H groups in total. The van der Waals surface area contributed by atoms with E-state index in [9.17, 15) is 5.26 Å². The molecule has 0 atom stereocenters. The summed E-state index contributed by atoms with van der Waals surface area (Å²) in [5.74, 6) is 1.59. The molecule has 0 bridgehead atoms. The zero-order valence-electron chi connectivity index (χ0n) is 11.6. The second-order valence-electron chi connectivity index (χ2n) is 4.63. The van der Waals surface area contributed by atoms with Gasteiger partial charge in [-0.25, -0.2) is 4.98 Å². The van der Waals surface area contributed by atoms with Crippen LogP contribution in [-0.2, 0) is 7.05 Å². The van der Waals surface area contributed by atoms with Crippen molar-refractivity contribution in [1.82, 2.24) is 9.55 Å². The molecule has 2 aromatic carbocycles. The van der Waals surface area contributed by atoms with E-state index in [1.807, 2.05) is 41.9 Å². The van der Waals surface area contributed by atoms with Gasteiger partial charge in [0.1, 0.15) is 23.2 Å². The summed E-state index contributed by atoms with van der Waals surface area (Å²) in [6.45, 7) is 0. The number of hydrogen-bond donors (Lipinski definition) is 0. The standard InChI is InChI=1S/C16H12BrN3O/c1-20-13-5-3-4-11(9-18)15(13)19-16(20)10-6-7-14(21-2)12(17)8-10/h3-8H,1-2H3. The lowest BCUT2D eigenvalue weighted by molar-refractivity contribution is 0.412. The third-order valence-corrected chi connectivity index (χ3v) is 4.06. The summed E-state index contributed by atoms with van der Waals surface area (Å²) in [7, 11) is 3.58. The number of fused-ring (bicyclic) bond motifs is 1. The molecule has 0 amide bonds. The highest BCUT2D eigenvalue weighted by Crippen LogP contribution is 2.31. The fourth-order valence-electron chi connectivity index (χ4n) is 2.37. The van der Waals surface area contributed by atoms with E-state index in [4.69, 9.17) is 4.74 Å². The highest BCUT2D eigenvalue weighted by atomic mass is 79.9. The first-order valence-corrected chi connectivity index (χ1v) is 7.14. The zero-order valence-corrected chi connectivity index (χ0v) is 13.2. The summed E-state index contributed by atoms with van der Waals surface area (Å²) >= 11 is 3.49. The Morgan fingerprint density at radius 3 is 2.76 bits per heavy atom. The van der Waals surface area contributed by atoms with Crippen LogP contribution in [0, 0.1) is 11.3 Å². The van der Waals surface area contributed by atoms with Crippen molar-refractivity contribution >= 4 is 27.0 Å². The largest absolute Gasteiger partial charge is 0.496 e. The number of benzene rings is 2. The first-order valence-electron chi connectivity index (χ1n) is 6.35. The molecule has 4 nitrogen and oxygen atoms in total. The molecule has 0 saturated heterocycles. The van der Waals surface area contributed by atoms with Gasteiger partial charge in [0.05, 0.1) is 22.7 Å². The smallest absolute Gasteiger partial charge is 0.140 e. The monoisotopic (exact) mass is 341 g/mol. The molecule has 1 heterocycles. The number of aryl methyl sites for hydroxylation is 1. The van der Waals surface area contributed by atoms with Crippen molar-refractivity contribution < 1.29 is 4.74 Å². The van der Waals surface area contributed by atoms with Crippen LogP contribution in [-0.4, -0.2) is 16.7 Å². The molecule has 0 spiro atoms. The van der Waals surface area contributed by atoms with Gasteiger partial charge in [-0.1, -0.05) is 6.07 Å². The second-order valence-corrected chi connectivity index (χ2v) is 5.48. The van der Waals surface area contributed by atoms with Crippen LogP contribution in [0.3, 0.4) is 0 Å². The summed E-state index contributed by atoms with van der Waals surface area (Å²) in [5.41, 5.74) is 3.22. The van der Waals surface area contributed by atoms with E-state index >= 15 is 0 Å². The summed E-state index contributed by atoms with van der Waals surface area (Å²) in [6.07, 6.45) is 0. The third-order valence-electron chi connectivity index (χ3n) is 3.44. The summed E-state index contributed by atoms with van der Waals surface area (Å²) in [5, 5.41) is 9.20. The Morgan fingerprint density at radius 1 is 1.29 bits per heavy atom. The van der Waals surface area contributed by atoms with Gasteiger partial charge in [0.25, 0.3) is 0 Å². The van der Waals surface area contributed by atoms with E-state index in [2.05, 4.69) is 27.0 Å². The predicted octanol–water partition coefficient (Wildman–Crippen LogP) is 3.88. The SMILES string of the molecule is COc1ccc(-c2nc3c(C#N)cccc3n2C)cc1Br. The van der Waals surface area contributed by atoms with Crippen LogP contribution < -0.4 is 4.74 Å². The predicted molar refractivity (Wildman–Crippen MR) is 85.1 cm³/mol. The molecule has 3 rings (SSSR count). The quantitative estimate of drug-likeness (QED) is 0.710. The molecule has 0 aliphatic carbocycles. The van der Waals surface area contributed by atoms with E-state index in [1.165, 1.54) is 0 Å². The van der Waals surface area contributed by atoms with Gasteiger partial charge in [0.2, 0.25) is 0 Å². The number of hydrogen-bond acceptors (Lipinski definition) is 3. The van der Waals surface area contributed by atoms with E-state index in [-0.39, 0.29) is 0 Å². The van der Waals surface area contributed by atoms with Crippen LogP contribution >= 0.6 is 15.9 Å². The Hall–Kier alpha value is -2.32. The van der Waals surface area contributed by atoms with Gasteiger partial charge in [-0.15, -0.1) is 0 Å². The Balaban J connectivity index is 2.24. The van der Waals surface area contributed by atoms with Gasteiger partial charge in [0, 0.05) is 12.6 Å². The van der Waals surface area contributed by atoms with Crippen LogP contribution in [0.25, 0.3) is 22.4 Å². The molecule has 0 saturated carbocycles. The molecule has 0 aliphatic heterocycles. The number of nitriles is 1. The molecular weight excluding hydrogens is 330 g/mol. The average molecular weight is 342 g/mol. The maximum absolute atomic E-state index is 9.20. The van der Waals surface area contributed by atoms with Gasteiger partial charge >= 0.3 is 0 Å². The molecular formula is C16H12BrN3O. The van der Waals surface area contributed by atoms with Crippen molar-refractivity contribution in [2.45, 2.75) is 0 Å². The summed E-state index contributed by atoms with van der Waals surface area (Å²) < 4.78 is 8.11. The van der Waals surface area contributed by atoms with Gasteiger partial charge < -0.3 is 9.30 Å². The van der Waals surface area contributed by atoms with Crippen LogP contribution in [0.5, 0.6) is 5.75 Å². The molecule has 0 unspecified atom stereocenters. The number of aromatic nitrogens is 2. The highest BCUT2D eigenvalue weighted by Gasteiger charge is 2.13. The molecule has 0 radical (unpaired) electrons. The number of methoxy groups -OCH3 is 1. The van der Waals surface area contributed by atoms with E-state index in [1.54, 1.807) is 13.2 Å². The first kappa shape index (κ1) is 13.7. The topological polar surface area (TPSA) is 50.8 Å². The number of rotatable bonds is 2. The number of ether oxygens (including phenoxy) is 1. The van der Waals surface area contributed by atoms with Gasteiger partial charge in [-0.2, -0.15) is 5.26 Å². The second kappa shape index (κ2) is 5.23. The van der Waals surface area contributed by atoms with E-state index in [0.29, 0.717) is 5.56 Å². The third kappa shape index (κ3) is 2.18. The molecule has 1 aromatic heterocycles. The fourth-order valence-corrected chi connectivity index (χ4v) is 2.91. The van der Waals surface area contributed by atoms with Crippen molar-refractivity contribution in [2.24, 2.45) is 7.05 Å². The van der Waals surface area contributed by atoms with Crippen molar-refractivity contribution in [2.75, 3.05) is 7.11 Å². The first-order chi connectivity index (χ1) is 10.2. The van der Waals surface area contributed by atoms with Gasteiger partial charge in [-0.3, -0.25) is 0 Å². The molecule has 104 valence electrons. The summed E-state index contributed by atoms with van der Waals surface area (Å²) in [6, 6.07) is 13.6. The summed E-state index contributed by atoms with van der Waals surface area (Å²) in [4.78, 5) is 4.63. The maximum Gasteiger partial charge on any atom is 0.140 e. The molecule has 3 aromatic rings. The van der Waals surface area contributed by atoms with Crippen molar-refractivity contribution in [3.05, 3.63) is 46.4 Å². The minimum absolute atomic E-state index is 0.585. The zero-order chi connectivity index (χ0) is 15.0. The number of para-hydroxylation sites is 1. The molecule has 0 fully saturated rings. The highest BCUT2D eigenvalue weighted by molar-refractivity contribution is 9.10. The van der Waals surface area contributed by atoms with Crippen LogP contribution in [0.2, 0.25) is 0 Å². The van der Waals surface area contributed by atoms with E-state index < -0.39 is 0 Å². The van der Waals surface area contributed by atoms with Crippen LogP contribution in [0.4, 0.5) is 0 Å². The van der Waals surface area contributed by atoms with E-state index in [0.717, 1.165) is 32.6 Å². The Kier molecular flexibility index (Phi) is 3.40.